The van der Waals surface area contributed by atoms with E-state index in [1.165, 1.54) is 16.5 Å². The molecule has 0 amide bonds. The fraction of sp³-hybridized carbons (Fsp3) is 0.286. The van der Waals surface area contributed by atoms with Crippen LogP contribution in [-0.2, 0) is 6.54 Å². The van der Waals surface area contributed by atoms with Crippen LogP contribution >= 0.6 is 11.8 Å². The molecule has 0 unspecified atom stereocenters. The predicted molar refractivity (Wildman–Crippen MR) is 77.5 cm³/mol. The number of nitrogens with one attached hydrogen (secondary N) is 2. The maximum atomic E-state index is 3.71. The zero-order chi connectivity index (χ0) is 11.9. The van der Waals surface area contributed by atoms with E-state index >= 15 is 0 Å². The quantitative estimate of drug-likeness (QED) is 0.580. The number of H-pyrrole nitrogens is 1. The van der Waals surface area contributed by atoms with Crippen LogP contribution in [0.25, 0.3) is 10.9 Å². The third-order valence-corrected chi connectivity index (χ3v) is 3.62. The summed E-state index contributed by atoms with van der Waals surface area (Å²) in [5.74, 6) is 2.17. The molecule has 17 heavy (non-hydrogen) atoms. The standard InChI is InChI=1S/C14H18N2S/c1-2-9-17-10-8-15-11-12-4-3-5-14-13(12)6-7-16-14/h2-7,15-16H,1,8-11H2. The minimum absolute atomic E-state index is 0.934. The number of fused-ring (bicyclic) bond motifs is 1. The number of hydrogen-bond donors (Lipinski definition) is 2. The Labute approximate surface area is 106 Å². The second-order valence-electron chi connectivity index (χ2n) is 3.90. The van der Waals surface area contributed by atoms with Crippen LogP contribution in [0.15, 0.2) is 43.1 Å². The van der Waals surface area contributed by atoms with Gasteiger partial charge in [0.2, 0.25) is 0 Å². The Hall–Kier alpha value is -1.19. The van der Waals surface area contributed by atoms with Gasteiger partial charge in [0.15, 0.2) is 0 Å². The summed E-state index contributed by atoms with van der Waals surface area (Å²) in [6, 6.07) is 8.53. The molecular formula is C14H18N2S. The molecular weight excluding hydrogens is 228 g/mol. The average molecular weight is 246 g/mol. The lowest BCUT2D eigenvalue weighted by Gasteiger charge is -2.05. The summed E-state index contributed by atoms with van der Waals surface area (Å²) < 4.78 is 0. The number of rotatable bonds is 7. The zero-order valence-corrected chi connectivity index (χ0v) is 10.7. The van der Waals surface area contributed by atoms with Crippen LogP contribution in [0.2, 0.25) is 0 Å². The molecule has 0 spiro atoms. The van der Waals surface area contributed by atoms with Gasteiger partial charge in [0.25, 0.3) is 0 Å². The lowest BCUT2D eigenvalue weighted by atomic mass is 10.1. The molecule has 1 aromatic heterocycles. The van der Waals surface area contributed by atoms with Crippen LogP contribution in [0.1, 0.15) is 5.56 Å². The number of thioether (sulfide) groups is 1. The predicted octanol–water partition coefficient (Wildman–Crippen LogP) is 3.18. The smallest absolute Gasteiger partial charge is 0.0457 e. The third-order valence-electron chi connectivity index (χ3n) is 2.66. The first-order valence-electron chi connectivity index (χ1n) is 5.86. The molecule has 3 heteroatoms. The van der Waals surface area contributed by atoms with E-state index in [0.717, 1.165) is 24.6 Å². The first-order valence-corrected chi connectivity index (χ1v) is 7.01. The Balaban J connectivity index is 1.82. The minimum atomic E-state index is 0.934. The molecule has 0 saturated carbocycles. The minimum Gasteiger partial charge on any atom is -0.361 e. The van der Waals surface area contributed by atoms with Crippen molar-refractivity contribution in [2.75, 3.05) is 18.1 Å². The molecule has 90 valence electrons. The molecule has 2 N–H and O–H groups in total. The summed E-state index contributed by atoms with van der Waals surface area (Å²) in [5.41, 5.74) is 2.57. The normalized spacial score (nSPS) is 10.8. The number of aromatic nitrogens is 1. The van der Waals surface area contributed by atoms with Gasteiger partial charge in [-0.3, -0.25) is 0 Å². The van der Waals surface area contributed by atoms with E-state index in [1.807, 2.05) is 24.0 Å². The van der Waals surface area contributed by atoms with Crippen molar-refractivity contribution in [3.63, 3.8) is 0 Å². The maximum absolute atomic E-state index is 3.71. The Morgan fingerprint density at radius 1 is 1.35 bits per heavy atom. The zero-order valence-electron chi connectivity index (χ0n) is 9.91. The summed E-state index contributed by atoms with van der Waals surface area (Å²) in [6.07, 6.45) is 3.94. The van der Waals surface area contributed by atoms with E-state index in [4.69, 9.17) is 0 Å². The molecule has 0 saturated heterocycles. The second-order valence-corrected chi connectivity index (χ2v) is 5.05. The first kappa shape index (κ1) is 12.3. The topological polar surface area (TPSA) is 27.8 Å². The van der Waals surface area contributed by atoms with Crippen LogP contribution < -0.4 is 5.32 Å². The highest BCUT2D eigenvalue weighted by molar-refractivity contribution is 7.99. The van der Waals surface area contributed by atoms with Crippen molar-refractivity contribution in [1.82, 2.24) is 10.3 Å². The monoisotopic (exact) mass is 246 g/mol. The Bertz CT molecular complexity index is 476. The van der Waals surface area contributed by atoms with E-state index in [2.05, 4.69) is 41.1 Å². The third kappa shape index (κ3) is 3.38. The molecule has 0 aliphatic heterocycles. The van der Waals surface area contributed by atoms with Crippen LogP contribution in [0.5, 0.6) is 0 Å². The fourth-order valence-electron chi connectivity index (χ4n) is 1.84. The van der Waals surface area contributed by atoms with Gasteiger partial charge in [0.1, 0.15) is 0 Å². The Morgan fingerprint density at radius 2 is 2.29 bits per heavy atom. The van der Waals surface area contributed by atoms with Gasteiger partial charge in [-0.2, -0.15) is 11.8 Å². The van der Waals surface area contributed by atoms with Crippen molar-refractivity contribution in [1.29, 1.82) is 0 Å². The largest absolute Gasteiger partial charge is 0.361 e. The van der Waals surface area contributed by atoms with Crippen LogP contribution in [0, 0.1) is 0 Å². The van der Waals surface area contributed by atoms with Gasteiger partial charge in [-0.25, -0.2) is 0 Å². The number of benzene rings is 1. The van der Waals surface area contributed by atoms with Crippen molar-refractivity contribution >= 4 is 22.7 Å². The summed E-state index contributed by atoms with van der Waals surface area (Å²) in [6.45, 7) is 5.68. The average Bonchev–Trinajstić information content (AvgIpc) is 2.82. The SMILES string of the molecule is C=CCSCCNCc1cccc2[nH]ccc12. The molecule has 0 atom stereocenters. The molecule has 0 bridgehead atoms. The van der Waals surface area contributed by atoms with E-state index in [1.54, 1.807) is 0 Å². The van der Waals surface area contributed by atoms with Crippen LogP contribution in [0.4, 0.5) is 0 Å². The molecule has 2 aromatic rings. The van der Waals surface area contributed by atoms with Gasteiger partial charge in [-0.1, -0.05) is 18.2 Å². The van der Waals surface area contributed by atoms with Crippen molar-refractivity contribution in [2.24, 2.45) is 0 Å². The second kappa shape index (κ2) is 6.52. The summed E-state index contributed by atoms with van der Waals surface area (Å²) in [7, 11) is 0. The number of aromatic amines is 1. The Kier molecular flexibility index (Phi) is 4.71. The van der Waals surface area contributed by atoms with Crippen LogP contribution in [-0.4, -0.2) is 23.0 Å². The van der Waals surface area contributed by atoms with E-state index in [0.29, 0.717) is 0 Å². The highest BCUT2D eigenvalue weighted by Crippen LogP contribution is 2.16. The fourth-order valence-corrected chi connectivity index (χ4v) is 2.46. The summed E-state index contributed by atoms with van der Waals surface area (Å²) in [4.78, 5) is 3.24. The lowest BCUT2D eigenvalue weighted by Crippen LogP contribution is -2.16. The first-order chi connectivity index (χ1) is 8.42. The lowest BCUT2D eigenvalue weighted by molar-refractivity contribution is 0.736. The molecule has 1 aromatic carbocycles. The molecule has 0 aliphatic carbocycles. The molecule has 2 nitrogen and oxygen atoms in total. The van der Waals surface area contributed by atoms with E-state index < -0.39 is 0 Å². The number of hydrogen-bond acceptors (Lipinski definition) is 2. The molecule has 0 aliphatic rings. The van der Waals surface area contributed by atoms with E-state index in [-0.39, 0.29) is 0 Å². The van der Waals surface area contributed by atoms with Crippen molar-refractivity contribution in [2.45, 2.75) is 6.54 Å². The van der Waals surface area contributed by atoms with Crippen molar-refractivity contribution in [3.05, 3.63) is 48.7 Å². The van der Waals surface area contributed by atoms with Crippen LogP contribution in [0.3, 0.4) is 0 Å². The van der Waals surface area contributed by atoms with Gasteiger partial charge in [-0.15, -0.1) is 6.58 Å². The molecule has 1 heterocycles. The summed E-state index contributed by atoms with van der Waals surface area (Å²) >= 11 is 1.91. The van der Waals surface area contributed by atoms with E-state index in [9.17, 15) is 0 Å². The van der Waals surface area contributed by atoms with Crippen molar-refractivity contribution < 1.29 is 0 Å². The summed E-state index contributed by atoms with van der Waals surface area (Å²) in [5, 5.41) is 4.79. The van der Waals surface area contributed by atoms with Crippen molar-refractivity contribution in [3.8, 4) is 0 Å². The van der Waals surface area contributed by atoms with Gasteiger partial charge in [0.05, 0.1) is 0 Å². The highest BCUT2D eigenvalue weighted by atomic mass is 32.2. The maximum Gasteiger partial charge on any atom is 0.0457 e. The van der Waals surface area contributed by atoms with Gasteiger partial charge in [0, 0.05) is 41.7 Å². The molecule has 0 fully saturated rings. The van der Waals surface area contributed by atoms with Gasteiger partial charge >= 0.3 is 0 Å². The molecule has 0 radical (unpaired) electrons. The van der Waals surface area contributed by atoms with Gasteiger partial charge in [-0.05, 0) is 17.7 Å². The molecule has 2 rings (SSSR count). The Morgan fingerprint density at radius 3 is 3.18 bits per heavy atom. The highest BCUT2D eigenvalue weighted by Gasteiger charge is 2.00. The van der Waals surface area contributed by atoms with Gasteiger partial charge < -0.3 is 10.3 Å².